The van der Waals surface area contributed by atoms with Crippen LogP contribution in [0.5, 0.6) is 0 Å². The third-order valence-corrected chi connectivity index (χ3v) is 2.73. The maximum Gasteiger partial charge on any atom is 0.132 e. The van der Waals surface area contributed by atoms with E-state index in [0.717, 1.165) is 17.8 Å². The van der Waals surface area contributed by atoms with Crippen LogP contribution in [0.1, 0.15) is 16.8 Å². The second-order valence-corrected chi connectivity index (χ2v) is 4.02. The number of benzene rings is 1. The first kappa shape index (κ1) is 13.0. The van der Waals surface area contributed by atoms with E-state index in [9.17, 15) is 8.78 Å². The van der Waals surface area contributed by atoms with Crippen molar-refractivity contribution < 1.29 is 8.78 Å². The number of nitriles is 1. The summed E-state index contributed by atoms with van der Waals surface area (Å²) in [6, 6.07) is 7.27. The van der Waals surface area contributed by atoms with Gasteiger partial charge in [-0.05, 0) is 31.2 Å². The van der Waals surface area contributed by atoms with E-state index in [0.29, 0.717) is 5.69 Å². The van der Waals surface area contributed by atoms with Crippen LogP contribution in [0.2, 0.25) is 0 Å². The summed E-state index contributed by atoms with van der Waals surface area (Å²) in [6.07, 6.45) is 1.64. The highest BCUT2D eigenvalue weighted by Crippen LogP contribution is 2.18. The highest BCUT2D eigenvalue weighted by molar-refractivity contribution is 5.47. The smallest absolute Gasteiger partial charge is 0.132 e. The maximum atomic E-state index is 13.7. The van der Waals surface area contributed by atoms with Gasteiger partial charge in [0.25, 0.3) is 0 Å². The molecule has 2 rings (SSSR count). The van der Waals surface area contributed by atoms with Gasteiger partial charge < -0.3 is 5.32 Å². The number of hydrogen-bond acceptors (Lipinski definition) is 3. The van der Waals surface area contributed by atoms with Crippen molar-refractivity contribution in [2.75, 3.05) is 5.32 Å². The molecule has 0 bridgehead atoms. The second-order valence-electron chi connectivity index (χ2n) is 4.02. The zero-order chi connectivity index (χ0) is 13.8. The van der Waals surface area contributed by atoms with E-state index in [4.69, 9.17) is 5.26 Å². The first-order valence-electron chi connectivity index (χ1n) is 5.65. The molecule has 0 aliphatic carbocycles. The Morgan fingerprint density at radius 2 is 2.00 bits per heavy atom. The molecule has 0 saturated carbocycles. The van der Waals surface area contributed by atoms with Crippen molar-refractivity contribution in [3.63, 3.8) is 0 Å². The second kappa shape index (κ2) is 5.44. The Morgan fingerprint density at radius 3 is 2.58 bits per heavy atom. The predicted octanol–water partition coefficient (Wildman–Crippen LogP) is 3.15. The quantitative estimate of drug-likeness (QED) is 0.921. The molecule has 96 valence electrons. The summed E-state index contributed by atoms with van der Waals surface area (Å²) in [4.78, 5) is 4.07. The van der Waals surface area contributed by atoms with Crippen LogP contribution >= 0.6 is 0 Å². The molecule has 0 radical (unpaired) electrons. The summed E-state index contributed by atoms with van der Waals surface area (Å²) in [5.74, 6) is -1.46. The van der Waals surface area contributed by atoms with Crippen molar-refractivity contribution in [2.45, 2.75) is 13.5 Å². The minimum atomic E-state index is -0.731. The molecule has 19 heavy (non-hydrogen) atoms. The van der Waals surface area contributed by atoms with E-state index in [1.54, 1.807) is 31.3 Å². The van der Waals surface area contributed by atoms with Gasteiger partial charge in [-0.25, -0.2) is 8.78 Å². The lowest BCUT2D eigenvalue weighted by Gasteiger charge is -2.10. The van der Waals surface area contributed by atoms with Crippen LogP contribution in [0.3, 0.4) is 0 Å². The number of nitrogens with zero attached hydrogens (tertiary/aromatic N) is 2. The first-order valence-corrected chi connectivity index (χ1v) is 5.65. The van der Waals surface area contributed by atoms with Crippen LogP contribution in [-0.2, 0) is 6.54 Å². The number of rotatable bonds is 3. The van der Waals surface area contributed by atoms with Gasteiger partial charge in [-0.15, -0.1) is 0 Å². The lowest BCUT2D eigenvalue weighted by molar-refractivity contribution is 0.559. The number of pyridine rings is 1. The molecule has 0 spiro atoms. The third-order valence-electron chi connectivity index (χ3n) is 2.73. The van der Waals surface area contributed by atoms with Crippen LogP contribution < -0.4 is 5.32 Å². The fourth-order valence-electron chi connectivity index (χ4n) is 1.69. The lowest BCUT2D eigenvalue weighted by Crippen LogP contribution is -2.06. The van der Waals surface area contributed by atoms with Gasteiger partial charge in [0.2, 0.25) is 0 Å². The summed E-state index contributed by atoms with van der Waals surface area (Å²) in [7, 11) is 0. The number of aryl methyl sites for hydroxylation is 1. The number of anilines is 1. The molecule has 0 aliphatic heterocycles. The summed E-state index contributed by atoms with van der Waals surface area (Å²) in [5, 5.41) is 11.5. The van der Waals surface area contributed by atoms with Gasteiger partial charge in [-0.2, -0.15) is 5.26 Å². The fraction of sp³-hybridized carbons (Fsp3) is 0.143. The molecule has 5 heteroatoms. The predicted molar refractivity (Wildman–Crippen MR) is 67.4 cm³/mol. The Labute approximate surface area is 109 Å². The van der Waals surface area contributed by atoms with Gasteiger partial charge >= 0.3 is 0 Å². The number of nitrogens with one attached hydrogen (secondary N) is 1. The van der Waals surface area contributed by atoms with Crippen LogP contribution in [0.4, 0.5) is 14.5 Å². The molecular weight excluding hydrogens is 248 g/mol. The Hall–Kier alpha value is -2.48. The summed E-state index contributed by atoms with van der Waals surface area (Å²) in [5.41, 5.74) is 1.33. The van der Waals surface area contributed by atoms with Crippen LogP contribution in [0.15, 0.2) is 30.5 Å². The topological polar surface area (TPSA) is 48.7 Å². The summed E-state index contributed by atoms with van der Waals surface area (Å²) < 4.78 is 27.3. The zero-order valence-electron chi connectivity index (χ0n) is 10.2. The SMILES string of the molecule is Cc1ncccc1NCc1c(F)cc(C#N)cc1F. The zero-order valence-corrected chi connectivity index (χ0v) is 10.2. The lowest BCUT2D eigenvalue weighted by atomic mass is 10.1. The van der Waals surface area contributed by atoms with Gasteiger partial charge in [-0.3, -0.25) is 4.98 Å². The van der Waals surface area contributed by atoms with Gasteiger partial charge in [0.05, 0.1) is 23.0 Å². The van der Waals surface area contributed by atoms with E-state index in [-0.39, 0.29) is 17.7 Å². The van der Waals surface area contributed by atoms with Crippen molar-refractivity contribution in [2.24, 2.45) is 0 Å². The molecule has 0 unspecified atom stereocenters. The Morgan fingerprint density at radius 1 is 1.32 bits per heavy atom. The largest absolute Gasteiger partial charge is 0.379 e. The summed E-state index contributed by atoms with van der Waals surface area (Å²) in [6.45, 7) is 1.80. The molecule has 0 atom stereocenters. The third kappa shape index (κ3) is 2.86. The molecule has 3 nitrogen and oxygen atoms in total. The fourth-order valence-corrected chi connectivity index (χ4v) is 1.69. The van der Waals surface area contributed by atoms with Crippen molar-refractivity contribution in [1.29, 1.82) is 5.26 Å². The normalized spacial score (nSPS) is 10.0. The van der Waals surface area contributed by atoms with E-state index in [1.807, 2.05) is 0 Å². The highest BCUT2D eigenvalue weighted by atomic mass is 19.1. The van der Waals surface area contributed by atoms with Crippen LogP contribution in [-0.4, -0.2) is 4.98 Å². The van der Waals surface area contributed by atoms with Gasteiger partial charge in [0, 0.05) is 18.3 Å². The average Bonchev–Trinajstić information content (AvgIpc) is 2.39. The van der Waals surface area contributed by atoms with Crippen molar-refractivity contribution in [1.82, 2.24) is 4.98 Å². The van der Waals surface area contributed by atoms with Crippen LogP contribution in [0.25, 0.3) is 0 Å². The molecule has 0 fully saturated rings. The number of halogens is 2. The molecule has 0 saturated heterocycles. The maximum absolute atomic E-state index is 13.7. The van der Waals surface area contributed by atoms with E-state index in [2.05, 4.69) is 10.3 Å². The Kier molecular flexibility index (Phi) is 3.71. The number of hydrogen-bond donors (Lipinski definition) is 1. The summed E-state index contributed by atoms with van der Waals surface area (Å²) >= 11 is 0. The monoisotopic (exact) mass is 259 g/mol. The van der Waals surface area contributed by atoms with E-state index >= 15 is 0 Å². The standard InChI is InChI=1S/C14H11F2N3/c1-9-14(3-2-4-18-9)19-8-11-12(15)5-10(7-17)6-13(11)16/h2-6,19H,8H2,1H3. The molecule has 1 N–H and O–H groups in total. The van der Waals surface area contributed by atoms with Gasteiger partial charge in [0.1, 0.15) is 11.6 Å². The van der Waals surface area contributed by atoms with E-state index < -0.39 is 11.6 Å². The molecule has 2 aromatic rings. The van der Waals surface area contributed by atoms with Gasteiger partial charge in [-0.1, -0.05) is 0 Å². The highest BCUT2D eigenvalue weighted by Gasteiger charge is 2.11. The van der Waals surface area contributed by atoms with E-state index in [1.165, 1.54) is 0 Å². The minimum absolute atomic E-state index is 0.00406. The minimum Gasteiger partial charge on any atom is -0.379 e. The molecule has 1 heterocycles. The van der Waals surface area contributed by atoms with Crippen molar-refractivity contribution in [3.8, 4) is 6.07 Å². The average molecular weight is 259 g/mol. The molecule has 1 aromatic carbocycles. The molecule has 1 aromatic heterocycles. The molecule has 0 amide bonds. The van der Waals surface area contributed by atoms with Gasteiger partial charge in [0.15, 0.2) is 0 Å². The number of aromatic nitrogens is 1. The Balaban J connectivity index is 2.21. The first-order chi connectivity index (χ1) is 9.11. The van der Waals surface area contributed by atoms with Crippen molar-refractivity contribution >= 4 is 5.69 Å². The molecular formula is C14H11F2N3. The van der Waals surface area contributed by atoms with Crippen molar-refractivity contribution in [3.05, 3.63) is 58.9 Å². The molecule has 0 aliphatic rings. The van der Waals surface area contributed by atoms with Crippen LogP contribution in [0, 0.1) is 29.9 Å². The Bertz CT molecular complexity index is 624.